The van der Waals surface area contributed by atoms with Gasteiger partial charge in [0.05, 0.1) is 22.3 Å². The smallest absolute Gasteiger partial charge is 0.338 e. The maximum absolute atomic E-state index is 13.1. The van der Waals surface area contributed by atoms with Crippen molar-refractivity contribution in [1.82, 2.24) is 24.9 Å². The summed E-state index contributed by atoms with van der Waals surface area (Å²) in [4.78, 5) is 20.6. The third-order valence-corrected chi connectivity index (χ3v) is 5.15. The Hall–Kier alpha value is -4.27. The van der Waals surface area contributed by atoms with Crippen LogP contribution in [0, 0.1) is 6.92 Å². The predicted molar refractivity (Wildman–Crippen MR) is 120 cm³/mol. The predicted octanol–water partition coefficient (Wildman–Crippen LogP) is 6.15. The molecule has 164 valence electrons. The molecule has 0 aliphatic heterocycles. The fraction of sp³-hybridized carbons (Fsp3) is 0.0833. The molecule has 0 spiro atoms. The molecule has 0 bridgehead atoms. The Morgan fingerprint density at radius 2 is 1.76 bits per heavy atom. The van der Waals surface area contributed by atoms with E-state index in [0.717, 1.165) is 34.6 Å². The molecule has 0 aliphatic rings. The van der Waals surface area contributed by atoms with Crippen molar-refractivity contribution in [3.05, 3.63) is 84.3 Å². The molecule has 0 radical (unpaired) electrons. The molecule has 5 rings (SSSR count). The van der Waals surface area contributed by atoms with Gasteiger partial charge >= 0.3 is 6.18 Å². The van der Waals surface area contributed by atoms with E-state index in [1.165, 1.54) is 6.07 Å². The fourth-order valence-electron chi connectivity index (χ4n) is 3.49. The van der Waals surface area contributed by atoms with Gasteiger partial charge in [0.1, 0.15) is 5.82 Å². The van der Waals surface area contributed by atoms with Crippen LogP contribution in [0.2, 0.25) is 0 Å². The molecule has 0 amide bonds. The van der Waals surface area contributed by atoms with Crippen molar-refractivity contribution < 1.29 is 13.2 Å². The monoisotopic (exact) mass is 446 g/mol. The van der Waals surface area contributed by atoms with E-state index < -0.39 is 11.7 Å². The normalized spacial score (nSPS) is 11.6. The number of imidazole rings is 1. The van der Waals surface area contributed by atoms with Gasteiger partial charge in [-0.3, -0.25) is 4.98 Å². The molecule has 9 heteroatoms. The largest absolute Gasteiger partial charge is 0.416 e. The summed E-state index contributed by atoms with van der Waals surface area (Å²) in [6.45, 7) is 1.91. The zero-order valence-corrected chi connectivity index (χ0v) is 17.4. The molecule has 0 atom stereocenters. The van der Waals surface area contributed by atoms with Gasteiger partial charge in [0, 0.05) is 35.4 Å². The lowest BCUT2D eigenvalue weighted by atomic mass is 10.1. The summed E-state index contributed by atoms with van der Waals surface area (Å²) >= 11 is 0. The highest BCUT2D eigenvalue weighted by Gasteiger charge is 2.30. The number of H-pyrrole nitrogens is 1. The average molecular weight is 446 g/mol. The number of nitrogens with one attached hydrogen (secondary N) is 2. The summed E-state index contributed by atoms with van der Waals surface area (Å²) in [6.07, 6.45) is 0.664. The zero-order valence-electron chi connectivity index (χ0n) is 17.4. The molecule has 2 aromatic carbocycles. The number of aryl methyl sites for hydroxylation is 1. The summed E-state index contributed by atoms with van der Waals surface area (Å²) in [7, 11) is 0. The quantitative estimate of drug-likeness (QED) is 0.346. The van der Waals surface area contributed by atoms with Crippen molar-refractivity contribution in [2.24, 2.45) is 0 Å². The van der Waals surface area contributed by atoms with Gasteiger partial charge in [0.15, 0.2) is 0 Å². The minimum Gasteiger partial charge on any atom is -0.338 e. The first-order chi connectivity index (χ1) is 15.9. The van der Waals surface area contributed by atoms with Crippen molar-refractivity contribution in [3.63, 3.8) is 0 Å². The fourth-order valence-corrected chi connectivity index (χ4v) is 3.49. The van der Waals surface area contributed by atoms with Gasteiger partial charge in [0.25, 0.3) is 0 Å². The average Bonchev–Trinajstić information content (AvgIpc) is 3.22. The van der Waals surface area contributed by atoms with Crippen LogP contribution >= 0.6 is 0 Å². The Morgan fingerprint density at radius 3 is 2.55 bits per heavy atom. The Morgan fingerprint density at radius 1 is 0.909 bits per heavy atom. The van der Waals surface area contributed by atoms with Gasteiger partial charge in [0.2, 0.25) is 5.95 Å². The maximum Gasteiger partial charge on any atom is 0.416 e. The number of benzene rings is 2. The Labute approximate surface area is 186 Å². The number of fused-ring (bicyclic) bond motifs is 1. The molecule has 0 aliphatic carbocycles. The summed E-state index contributed by atoms with van der Waals surface area (Å²) in [6, 6.07) is 14.3. The second kappa shape index (κ2) is 8.01. The van der Waals surface area contributed by atoms with Crippen molar-refractivity contribution in [2.75, 3.05) is 5.32 Å². The Bertz CT molecular complexity index is 1440. The van der Waals surface area contributed by atoms with Gasteiger partial charge in [-0.05, 0) is 55.0 Å². The van der Waals surface area contributed by atoms with E-state index in [1.54, 1.807) is 30.7 Å². The number of anilines is 2. The van der Waals surface area contributed by atoms with Crippen LogP contribution < -0.4 is 5.32 Å². The molecule has 0 unspecified atom stereocenters. The van der Waals surface area contributed by atoms with Crippen LogP contribution in [0.25, 0.3) is 33.7 Å². The molecule has 0 saturated heterocycles. The number of aromatic nitrogens is 5. The molecule has 5 aromatic rings. The highest BCUT2D eigenvalue weighted by atomic mass is 19.4. The first-order valence-electron chi connectivity index (χ1n) is 10.1. The molecule has 3 heterocycles. The molecule has 33 heavy (non-hydrogen) atoms. The third-order valence-electron chi connectivity index (χ3n) is 5.15. The molecule has 2 N–H and O–H groups in total. The Kier molecular flexibility index (Phi) is 5.01. The van der Waals surface area contributed by atoms with Gasteiger partial charge in [-0.15, -0.1) is 0 Å². The van der Waals surface area contributed by atoms with E-state index in [0.29, 0.717) is 28.4 Å². The SMILES string of the molecule is Cc1cc2nc(-c3cccc(C(F)(F)F)c3)[nH]c2cc1Nc1nccc(-c2cccnc2)n1. The number of alkyl halides is 3. The van der Waals surface area contributed by atoms with Crippen LogP contribution in [-0.4, -0.2) is 24.9 Å². The van der Waals surface area contributed by atoms with Crippen LogP contribution in [0.3, 0.4) is 0 Å². The number of hydrogen-bond donors (Lipinski definition) is 2. The number of halogens is 3. The number of aromatic amines is 1. The molecular formula is C24H17F3N6. The molecule has 6 nitrogen and oxygen atoms in total. The number of nitrogens with zero attached hydrogens (tertiary/aromatic N) is 4. The van der Waals surface area contributed by atoms with E-state index in [-0.39, 0.29) is 0 Å². The lowest BCUT2D eigenvalue weighted by Gasteiger charge is -2.09. The summed E-state index contributed by atoms with van der Waals surface area (Å²) < 4.78 is 39.3. The Balaban J connectivity index is 1.47. The molecule has 0 saturated carbocycles. The lowest BCUT2D eigenvalue weighted by molar-refractivity contribution is -0.137. The number of rotatable bonds is 4. The van der Waals surface area contributed by atoms with Crippen LogP contribution in [0.4, 0.5) is 24.8 Å². The first kappa shape index (κ1) is 20.6. The van der Waals surface area contributed by atoms with Crippen molar-refractivity contribution in [2.45, 2.75) is 13.1 Å². The van der Waals surface area contributed by atoms with Gasteiger partial charge in [-0.25, -0.2) is 15.0 Å². The van der Waals surface area contributed by atoms with Crippen molar-refractivity contribution >= 4 is 22.7 Å². The van der Waals surface area contributed by atoms with Crippen LogP contribution in [-0.2, 0) is 6.18 Å². The summed E-state index contributed by atoms with van der Waals surface area (Å²) in [5.41, 5.74) is 4.21. The first-order valence-corrected chi connectivity index (χ1v) is 10.1. The van der Waals surface area contributed by atoms with E-state index in [1.807, 2.05) is 31.2 Å². The van der Waals surface area contributed by atoms with Gasteiger partial charge in [-0.1, -0.05) is 12.1 Å². The van der Waals surface area contributed by atoms with Crippen molar-refractivity contribution in [3.8, 4) is 22.6 Å². The van der Waals surface area contributed by atoms with Crippen LogP contribution in [0.15, 0.2) is 73.2 Å². The third kappa shape index (κ3) is 4.25. The molecule has 0 fully saturated rings. The highest BCUT2D eigenvalue weighted by Crippen LogP contribution is 2.33. The number of pyridine rings is 1. The van der Waals surface area contributed by atoms with Crippen LogP contribution in [0.1, 0.15) is 11.1 Å². The minimum absolute atomic E-state index is 0.362. The lowest BCUT2D eigenvalue weighted by Crippen LogP contribution is -2.04. The standard InChI is InChI=1S/C24H17F3N6/c1-14-10-20-21(31-22(30-20)15-4-2-6-17(11-15)24(25,26)27)12-19(14)33-23-29-9-7-18(32-23)16-5-3-8-28-13-16/h2-13H,1H3,(H,30,31)(H,29,32,33). The van der Waals surface area contributed by atoms with E-state index in [9.17, 15) is 13.2 Å². The second-order valence-electron chi connectivity index (χ2n) is 7.48. The van der Waals surface area contributed by atoms with E-state index >= 15 is 0 Å². The second-order valence-corrected chi connectivity index (χ2v) is 7.48. The number of hydrogen-bond acceptors (Lipinski definition) is 5. The topological polar surface area (TPSA) is 79.4 Å². The summed E-state index contributed by atoms with van der Waals surface area (Å²) in [5.74, 6) is 0.777. The summed E-state index contributed by atoms with van der Waals surface area (Å²) in [5, 5.41) is 3.21. The van der Waals surface area contributed by atoms with E-state index in [2.05, 4.69) is 30.2 Å². The maximum atomic E-state index is 13.1. The van der Waals surface area contributed by atoms with Crippen LogP contribution in [0.5, 0.6) is 0 Å². The molecule has 3 aromatic heterocycles. The van der Waals surface area contributed by atoms with Gasteiger partial charge in [-0.2, -0.15) is 13.2 Å². The van der Waals surface area contributed by atoms with Crippen molar-refractivity contribution in [1.29, 1.82) is 0 Å². The zero-order chi connectivity index (χ0) is 23.0. The van der Waals surface area contributed by atoms with E-state index in [4.69, 9.17) is 0 Å². The minimum atomic E-state index is -4.42. The highest BCUT2D eigenvalue weighted by molar-refractivity contribution is 5.85. The molecular weight excluding hydrogens is 429 g/mol. The van der Waals surface area contributed by atoms with Gasteiger partial charge < -0.3 is 10.3 Å².